The van der Waals surface area contributed by atoms with E-state index >= 15 is 0 Å². The molecule has 0 amide bonds. The van der Waals surface area contributed by atoms with E-state index in [2.05, 4.69) is 15.4 Å². The second-order valence-corrected chi connectivity index (χ2v) is 7.09. The van der Waals surface area contributed by atoms with Crippen LogP contribution in [0, 0.1) is 5.82 Å². The Hall–Kier alpha value is -2.92. The first kappa shape index (κ1) is 18.4. The average Bonchev–Trinajstić information content (AvgIpc) is 3.19. The van der Waals surface area contributed by atoms with E-state index in [1.807, 2.05) is 55.1 Å². The minimum Gasteiger partial charge on any atom is -0.377 e. The number of nitrogens with one attached hydrogen (secondary N) is 1. The molecule has 142 valence electrons. The van der Waals surface area contributed by atoms with E-state index in [4.69, 9.17) is 11.6 Å². The summed E-state index contributed by atoms with van der Waals surface area (Å²) in [6.45, 7) is 4.74. The van der Waals surface area contributed by atoms with Crippen molar-refractivity contribution in [3.8, 4) is 11.1 Å². The van der Waals surface area contributed by atoms with Crippen molar-refractivity contribution in [2.75, 3.05) is 5.32 Å². The standard InChI is InChI=1S/C22H20ClFN4/c1-3-28-13-16(11-26-28)15-8-9-20(24)18(10-15)14(2)27-22-17-6-4-5-7-21(17)25-12-19(22)23/h4-14H,3H2,1-2H3,(H,25,27)/t14-/m1/s1. The minimum atomic E-state index is -0.288. The molecule has 0 radical (unpaired) electrons. The minimum absolute atomic E-state index is 0.263. The molecule has 0 unspecified atom stereocenters. The highest BCUT2D eigenvalue weighted by Gasteiger charge is 2.16. The first-order chi connectivity index (χ1) is 13.6. The van der Waals surface area contributed by atoms with E-state index in [0.717, 1.165) is 34.3 Å². The van der Waals surface area contributed by atoms with Crippen LogP contribution in [0.1, 0.15) is 25.5 Å². The van der Waals surface area contributed by atoms with Crippen LogP contribution in [0.25, 0.3) is 22.0 Å². The number of fused-ring (bicyclic) bond motifs is 1. The molecule has 2 heterocycles. The zero-order valence-electron chi connectivity index (χ0n) is 15.7. The number of pyridine rings is 1. The summed E-state index contributed by atoms with van der Waals surface area (Å²) in [6.07, 6.45) is 5.37. The van der Waals surface area contributed by atoms with E-state index in [9.17, 15) is 4.39 Å². The normalized spacial score (nSPS) is 12.3. The Morgan fingerprint density at radius 2 is 1.96 bits per heavy atom. The van der Waals surface area contributed by atoms with E-state index in [1.54, 1.807) is 18.5 Å². The molecule has 0 fully saturated rings. The zero-order chi connectivity index (χ0) is 19.7. The Morgan fingerprint density at radius 1 is 1.14 bits per heavy atom. The number of hydrogen-bond donors (Lipinski definition) is 1. The zero-order valence-corrected chi connectivity index (χ0v) is 16.4. The van der Waals surface area contributed by atoms with Gasteiger partial charge in [-0.05, 0) is 37.6 Å². The number of nitrogens with zero attached hydrogens (tertiary/aromatic N) is 3. The lowest BCUT2D eigenvalue weighted by Gasteiger charge is -2.19. The molecule has 0 aliphatic rings. The molecule has 0 saturated heterocycles. The third kappa shape index (κ3) is 3.45. The van der Waals surface area contributed by atoms with Crippen molar-refractivity contribution in [1.82, 2.24) is 14.8 Å². The number of benzene rings is 2. The van der Waals surface area contributed by atoms with Crippen LogP contribution in [-0.4, -0.2) is 14.8 Å². The Morgan fingerprint density at radius 3 is 2.75 bits per heavy atom. The van der Waals surface area contributed by atoms with Gasteiger partial charge in [0.2, 0.25) is 0 Å². The van der Waals surface area contributed by atoms with E-state index in [1.165, 1.54) is 6.07 Å². The molecule has 0 aliphatic heterocycles. The van der Waals surface area contributed by atoms with Gasteiger partial charge in [-0.2, -0.15) is 5.10 Å². The second-order valence-electron chi connectivity index (χ2n) is 6.69. The molecule has 28 heavy (non-hydrogen) atoms. The molecule has 0 aliphatic carbocycles. The molecular formula is C22H20ClFN4. The summed E-state index contributed by atoms with van der Waals surface area (Å²) in [6, 6.07) is 12.6. The number of halogens is 2. The van der Waals surface area contributed by atoms with Crippen LogP contribution in [0.3, 0.4) is 0 Å². The van der Waals surface area contributed by atoms with Crippen LogP contribution < -0.4 is 5.32 Å². The molecule has 1 atom stereocenters. The predicted octanol–water partition coefficient (Wildman–Crippen LogP) is 6.08. The lowest BCUT2D eigenvalue weighted by Crippen LogP contribution is -2.10. The van der Waals surface area contributed by atoms with Crippen LogP contribution in [0.2, 0.25) is 5.02 Å². The summed E-state index contributed by atoms with van der Waals surface area (Å²) in [5, 5.41) is 9.09. The van der Waals surface area contributed by atoms with Gasteiger partial charge in [0.25, 0.3) is 0 Å². The summed E-state index contributed by atoms with van der Waals surface area (Å²) in [5.41, 5.74) is 4.04. The summed E-state index contributed by atoms with van der Waals surface area (Å²) in [5.74, 6) is -0.263. The number of hydrogen-bond acceptors (Lipinski definition) is 3. The van der Waals surface area contributed by atoms with Crippen molar-refractivity contribution in [3.05, 3.63) is 77.5 Å². The molecule has 1 N–H and O–H groups in total. The molecule has 0 saturated carbocycles. The highest BCUT2D eigenvalue weighted by atomic mass is 35.5. The van der Waals surface area contributed by atoms with Crippen LogP contribution in [0.4, 0.5) is 10.1 Å². The van der Waals surface area contributed by atoms with Gasteiger partial charge in [0.15, 0.2) is 0 Å². The van der Waals surface area contributed by atoms with E-state index in [0.29, 0.717) is 10.6 Å². The van der Waals surface area contributed by atoms with E-state index in [-0.39, 0.29) is 11.9 Å². The monoisotopic (exact) mass is 394 g/mol. The highest BCUT2D eigenvalue weighted by molar-refractivity contribution is 6.34. The smallest absolute Gasteiger partial charge is 0.128 e. The summed E-state index contributed by atoms with van der Waals surface area (Å²) < 4.78 is 16.5. The fourth-order valence-corrected chi connectivity index (χ4v) is 3.50. The van der Waals surface area contributed by atoms with Crippen molar-refractivity contribution in [1.29, 1.82) is 0 Å². The number of aryl methyl sites for hydroxylation is 1. The summed E-state index contributed by atoms with van der Waals surface area (Å²) in [7, 11) is 0. The topological polar surface area (TPSA) is 42.7 Å². The third-order valence-electron chi connectivity index (χ3n) is 4.84. The number of aromatic nitrogens is 3. The van der Waals surface area contributed by atoms with E-state index < -0.39 is 0 Å². The molecule has 6 heteroatoms. The van der Waals surface area contributed by atoms with Gasteiger partial charge in [0.05, 0.1) is 28.5 Å². The Kier molecular flexibility index (Phi) is 5.01. The van der Waals surface area contributed by atoms with Crippen molar-refractivity contribution in [2.45, 2.75) is 26.4 Å². The van der Waals surface area contributed by atoms with Crippen LogP contribution in [-0.2, 0) is 6.54 Å². The SMILES string of the molecule is CCn1cc(-c2ccc(F)c([C@@H](C)Nc3c(Cl)cnc4ccccc34)c2)cn1. The van der Waals surface area contributed by atoms with Crippen molar-refractivity contribution >= 4 is 28.2 Å². The first-order valence-electron chi connectivity index (χ1n) is 9.19. The Labute approximate surface area is 168 Å². The summed E-state index contributed by atoms with van der Waals surface area (Å²) >= 11 is 6.39. The number of para-hydroxylation sites is 1. The maximum absolute atomic E-state index is 14.6. The molecule has 2 aromatic heterocycles. The van der Waals surface area contributed by atoms with Gasteiger partial charge in [-0.1, -0.05) is 35.9 Å². The molecule has 0 bridgehead atoms. The first-order valence-corrected chi connectivity index (χ1v) is 9.56. The van der Waals surface area contributed by atoms with Gasteiger partial charge in [-0.3, -0.25) is 9.67 Å². The fraction of sp³-hybridized carbons (Fsp3) is 0.182. The highest BCUT2D eigenvalue weighted by Crippen LogP contribution is 2.34. The number of rotatable bonds is 5. The summed E-state index contributed by atoms with van der Waals surface area (Å²) in [4.78, 5) is 4.35. The molecule has 4 aromatic rings. The molecule has 4 nitrogen and oxygen atoms in total. The molecule has 0 spiro atoms. The van der Waals surface area contributed by atoms with Crippen molar-refractivity contribution in [2.24, 2.45) is 0 Å². The average molecular weight is 395 g/mol. The van der Waals surface area contributed by atoms with Crippen LogP contribution in [0.5, 0.6) is 0 Å². The third-order valence-corrected chi connectivity index (χ3v) is 5.13. The predicted molar refractivity (Wildman–Crippen MR) is 112 cm³/mol. The largest absolute Gasteiger partial charge is 0.377 e. The lowest BCUT2D eigenvalue weighted by molar-refractivity contribution is 0.600. The van der Waals surface area contributed by atoms with Crippen molar-refractivity contribution in [3.63, 3.8) is 0 Å². The number of anilines is 1. The van der Waals surface area contributed by atoms with Gasteiger partial charge in [-0.15, -0.1) is 0 Å². The van der Waals surface area contributed by atoms with Crippen LogP contribution >= 0.6 is 11.6 Å². The fourth-order valence-electron chi connectivity index (χ4n) is 3.30. The van der Waals surface area contributed by atoms with Gasteiger partial charge in [0, 0.05) is 35.5 Å². The van der Waals surface area contributed by atoms with Gasteiger partial charge < -0.3 is 5.32 Å². The quantitative estimate of drug-likeness (QED) is 0.445. The molecule has 2 aromatic carbocycles. The second kappa shape index (κ2) is 7.60. The lowest BCUT2D eigenvalue weighted by atomic mass is 10.0. The molecule has 4 rings (SSSR count). The van der Waals surface area contributed by atoms with Gasteiger partial charge >= 0.3 is 0 Å². The maximum atomic E-state index is 14.6. The Bertz CT molecular complexity index is 1140. The van der Waals surface area contributed by atoms with Gasteiger partial charge in [0.1, 0.15) is 5.82 Å². The molecular weight excluding hydrogens is 375 g/mol. The van der Waals surface area contributed by atoms with Gasteiger partial charge in [-0.25, -0.2) is 4.39 Å². The maximum Gasteiger partial charge on any atom is 0.128 e. The van der Waals surface area contributed by atoms with Crippen molar-refractivity contribution < 1.29 is 4.39 Å². The van der Waals surface area contributed by atoms with Crippen LogP contribution in [0.15, 0.2) is 61.1 Å². The Balaban J connectivity index is 1.70.